The molecule has 0 aromatic carbocycles. The van der Waals surface area contributed by atoms with E-state index in [-0.39, 0.29) is 24.4 Å². The van der Waals surface area contributed by atoms with Crippen LogP contribution in [0.25, 0.3) is 0 Å². The lowest BCUT2D eigenvalue weighted by Crippen LogP contribution is -2.33. The number of amides is 1. The molecule has 2 rings (SSSR count). The minimum absolute atomic E-state index is 0. The maximum absolute atomic E-state index is 11.9. The molecule has 1 aliphatic rings. The van der Waals surface area contributed by atoms with E-state index in [4.69, 9.17) is 0 Å². The van der Waals surface area contributed by atoms with E-state index in [0.717, 1.165) is 24.2 Å². The van der Waals surface area contributed by atoms with Gasteiger partial charge in [0, 0.05) is 30.8 Å². The van der Waals surface area contributed by atoms with Crippen LogP contribution in [-0.2, 0) is 11.8 Å². The Morgan fingerprint density at radius 1 is 1.68 bits per heavy atom. The van der Waals surface area contributed by atoms with Gasteiger partial charge in [0.25, 0.3) is 0 Å². The summed E-state index contributed by atoms with van der Waals surface area (Å²) >= 11 is 0. The van der Waals surface area contributed by atoms with Crippen molar-refractivity contribution >= 4 is 18.3 Å². The van der Waals surface area contributed by atoms with Crippen LogP contribution < -0.4 is 10.6 Å². The highest BCUT2D eigenvalue weighted by atomic mass is 35.5. The van der Waals surface area contributed by atoms with Crippen LogP contribution in [0.4, 0.5) is 0 Å². The standard InChI is InChI=1S/C13H22N4O.ClH/c1-9(12-8-15-17(3)10(12)2)16-13(18)7-11-5-4-6-14-11;/h8-9,11,14H,4-7H2,1-3H3,(H,16,18);1H. The predicted octanol–water partition coefficient (Wildman–Crippen LogP) is 1.47. The molecule has 6 heteroatoms. The molecule has 1 fully saturated rings. The van der Waals surface area contributed by atoms with Crippen LogP contribution in [0.15, 0.2) is 6.20 Å². The second-order valence-electron chi connectivity index (χ2n) is 5.10. The van der Waals surface area contributed by atoms with E-state index in [2.05, 4.69) is 15.7 Å². The highest BCUT2D eigenvalue weighted by Gasteiger charge is 2.20. The summed E-state index contributed by atoms with van der Waals surface area (Å²) < 4.78 is 1.83. The molecular formula is C13H23ClN4O. The summed E-state index contributed by atoms with van der Waals surface area (Å²) in [5.41, 5.74) is 2.19. The number of carbonyl (C=O) groups is 1. The number of rotatable bonds is 4. The van der Waals surface area contributed by atoms with Crippen molar-refractivity contribution in [3.63, 3.8) is 0 Å². The Morgan fingerprint density at radius 3 is 2.95 bits per heavy atom. The molecule has 0 radical (unpaired) electrons. The zero-order valence-corrected chi connectivity index (χ0v) is 12.6. The van der Waals surface area contributed by atoms with Gasteiger partial charge in [0.15, 0.2) is 0 Å². The number of aromatic nitrogens is 2. The molecule has 0 saturated carbocycles. The van der Waals surface area contributed by atoms with Gasteiger partial charge in [-0.05, 0) is 33.2 Å². The summed E-state index contributed by atoms with van der Waals surface area (Å²) in [5.74, 6) is 0.116. The second-order valence-corrected chi connectivity index (χ2v) is 5.10. The average Bonchev–Trinajstić information content (AvgIpc) is 2.91. The third kappa shape index (κ3) is 3.94. The van der Waals surface area contributed by atoms with Crippen molar-refractivity contribution in [2.24, 2.45) is 7.05 Å². The largest absolute Gasteiger partial charge is 0.349 e. The van der Waals surface area contributed by atoms with Gasteiger partial charge in [0.1, 0.15) is 0 Å². The van der Waals surface area contributed by atoms with E-state index in [1.165, 1.54) is 6.42 Å². The summed E-state index contributed by atoms with van der Waals surface area (Å²) in [6, 6.07) is 0.375. The smallest absolute Gasteiger partial charge is 0.222 e. The Balaban J connectivity index is 0.00000180. The first-order valence-corrected chi connectivity index (χ1v) is 6.59. The highest BCUT2D eigenvalue weighted by Crippen LogP contribution is 2.16. The molecule has 1 aromatic heterocycles. The van der Waals surface area contributed by atoms with E-state index < -0.39 is 0 Å². The minimum Gasteiger partial charge on any atom is -0.349 e. The topological polar surface area (TPSA) is 59.0 Å². The number of hydrogen-bond donors (Lipinski definition) is 2. The quantitative estimate of drug-likeness (QED) is 0.881. The SMILES string of the molecule is Cc1c(C(C)NC(=O)CC2CCCN2)cnn1C.Cl. The van der Waals surface area contributed by atoms with Gasteiger partial charge in [0.05, 0.1) is 12.2 Å². The number of hydrogen-bond acceptors (Lipinski definition) is 3. The van der Waals surface area contributed by atoms with Gasteiger partial charge in [-0.15, -0.1) is 12.4 Å². The van der Waals surface area contributed by atoms with Crippen LogP contribution >= 0.6 is 12.4 Å². The average molecular weight is 287 g/mol. The molecule has 5 nitrogen and oxygen atoms in total. The van der Waals surface area contributed by atoms with E-state index in [1.54, 1.807) is 0 Å². The summed E-state index contributed by atoms with van der Waals surface area (Å²) in [6.07, 6.45) is 4.68. The van der Waals surface area contributed by atoms with E-state index in [9.17, 15) is 4.79 Å². The van der Waals surface area contributed by atoms with Crippen LogP contribution in [0.1, 0.15) is 43.5 Å². The molecule has 2 unspecified atom stereocenters. The van der Waals surface area contributed by atoms with Crippen molar-refractivity contribution in [2.45, 2.75) is 45.2 Å². The number of nitrogens with zero attached hydrogens (tertiary/aromatic N) is 2. The molecule has 2 atom stereocenters. The number of carbonyl (C=O) groups excluding carboxylic acids is 1. The molecule has 0 bridgehead atoms. The van der Waals surface area contributed by atoms with Crippen molar-refractivity contribution in [2.75, 3.05) is 6.54 Å². The third-order valence-electron chi connectivity index (χ3n) is 3.71. The van der Waals surface area contributed by atoms with E-state index in [0.29, 0.717) is 12.5 Å². The van der Waals surface area contributed by atoms with Gasteiger partial charge in [-0.1, -0.05) is 0 Å². The second kappa shape index (κ2) is 6.91. The Kier molecular flexibility index (Phi) is 5.82. The monoisotopic (exact) mass is 286 g/mol. The summed E-state index contributed by atoms with van der Waals surface area (Å²) in [4.78, 5) is 11.9. The molecule has 2 N–H and O–H groups in total. The first kappa shape index (κ1) is 16.0. The van der Waals surface area contributed by atoms with Crippen molar-refractivity contribution in [1.29, 1.82) is 0 Å². The lowest BCUT2D eigenvalue weighted by Gasteiger charge is -2.16. The van der Waals surface area contributed by atoms with Crippen LogP contribution in [0, 0.1) is 6.92 Å². The van der Waals surface area contributed by atoms with Crippen LogP contribution in [-0.4, -0.2) is 28.3 Å². The molecule has 19 heavy (non-hydrogen) atoms. The van der Waals surface area contributed by atoms with Crippen LogP contribution in [0.5, 0.6) is 0 Å². The highest BCUT2D eigenvalue weighted by molar-refractivity contribution is 5.85. The van der Waals surface area contributed by atoms with Gasteiger partial charge in [-0.3, -0.25) is 9.48 Å². The molecule has 0 spiro atoms. The Hall–Kier alpha value is -1.07. The lowest BCUT2D eigenvalue weighted by atomic mass is 10.1. The molecule has 1 saturated heterocycles. The number of halogens is 1. The Labute approximate surface area is 120 Å². The lowest BCUT2D eigenvalue weighted by molar-refractivity contribution is -0.122. The molecule has 1 amide bonds. The van der Waals surface area contributed by atoms with Crippen LogP contribution in [0.2, 0.25) is 0 Å². The van der Waals surface area contributed by atoms with Crippen molar-refractivity contribution in [3.05, 3.63) is 17.5 Å². The fraction of sp³-hybridized carbons (Fsp3) is 0.692. The van der Waals surface area contributed by atoms with Gasteiger partial charge in [-0.2, -0.15) is 5.10 Å². The van der Waals surface area contributed by atoms with Gasteiger partial charge >= 0.3 is 0 Å². The fourth-order valence-electron chi connectivity index (χ4n) is 2.47. The molecule has 108 valence electrons. The van der Waals surface area contributed by atoms with Crippen molar-refractivity contribution < 1.29 is 4.79 Å². The number of aryl methyl sites for hydroxylation is 1. The molecule has 0 aliphatic carbocycles. The molecular weight excluding hydrogens is 264 g/mol. The Bertz CT molecular complexity index is 426. The van der Waals surface area contributed by atoms with Gasteiger partial charge in [-0.25, -0.2) is 0 Å². The molecule has 1 aliphatic heterocycles. The van der Waals surface area contributed by atoms with Crippen LogP contribution in [0.3, 0.4) is 0 Å². The molecule has 2 heterocycles. The Morgan fingerprint density at radius 2 is 2.42 bits per heavy atom. The molecule has 1 aromatic rings. The van der Waals surface area contributed by atoms with Gasteiger partial charge in [0.2, 0.25) is 5.91 Å². The normalized spacial score (nSPS) is 19.8. The summed E-state index contributed by atoms with van der Waals surface area (Å²) in [5, 5.41) is 10.6. The first-order valence-electron chi connectivity index (χ1n) is 6.59. The third-order valence-corrected chi connectivity index (χ3v) is 3.71. The minimum atomic E-state index is 0. The first-order chi connectivity index (χ1) is 8.58. The zero-order valence-electron chi connectivity index (χ0n) is 11.8. The van der Waals surface area contributed by atoms with E-state index in [1.807, 2.05) is 31.8 Å². The summed E-state index contributed by atoms with van der Waals surface area (Å²) in [6.45, 7) is 5.06. The number of nitrogens with one attached hydrogen (secondary N) is 2. The maximum atomic E-state index is 11.9. The zero-order chi connectivity index (χ0) is 13.1. The van der Waals surface area contributed by atoms with Crippen molar-refractivity contribution in [3.8, 4) is 0 Å². The fourth-order valence-corrected chi connectivity index (χ4v) is 2.47. The predicted molar refractivity (Wildman–Crippen MR) is 77.4 cm³/mol. The summed E-state index contributed by atoms with van der Waals surface area (Å²) in [7, 11) is 1.91. The maximum Gasteiger partial charge on any atom is 0.222 e. The van der Waals surface area contributed by atoms with Crippen molar-refractivity contribution in [1.82, 2.24) is 20.4 Å². The van der Waals surface area contributed by atoms with Gasteiger partial charge < -0.3 is 10.6 Å². The van der Waals surface area contributed by atoms with E-state index >= 15 is 0 Å².